The topological polar surface area (TPSA) is 307 Å². The van der Waals surface area contributed by atoms with E-state index in [0.29, 0.717) is 0 Å². The Morgan fingerprint density at radius 2 is 1.78 bits per heavy atom. The predicted octanol–water partition coefficient (Wildman–Crippen LogP) is -0.407. The molecule has 288 valence electrons. The predicted molar refractivity (Wildman–Crippen MR) is 188 cm³/mol. The van der Waals surface area contributed by atoms with Gasteiger partial charge in [0.2, 0.25) is 16.4 Å². The minimum Gasteiger partial charge on any atom is -0.504 e. The molecule has 0 bridgehead atoms. The third-order valence-corrected chi connectivity index (χ3v) is 12.0. The minimum atomic E-state index is -1.93. The molecule has 1 saturated carbocycles. The molecule has 3 saturated heterocycles. The molecule has 1 aromatic carbocycles. The van der Waals surface area contributed by atoms with Crippen LogP contribution in [-0.2, 0) is 28.8 Å². The fraction of sp³-hybridized carbons (Fsp3) is 0.414. The molecule has 25 heteroatoms. The summed E-state index contributed by atoms with van der Waals surface area (Å²) in [5.74, 6) is -7.77. The van der Waals surface area contributed by atoms with Crippen molar-refractivity contribution >= 4 is 98.6 Å². The summed E-state index contributed by atoms with van der Waals surface area (Å²) in [5.41, 5.74) is 5.84. The molecule has 6 rings (SSSR count). The third kappa shape index (κ3) is 6.87. The van der Waals surface area contributed by atoms with Gasteiger partial charge in [0.05, 0.1) is 23.7 Å². The number of hydrazine groups is 1. The van der Waals surface area contributed by atoms with Gasteiger partial charge in [0, 0.05) is 32.5 Å². The molecule has 54 heavy (non-hydrogen) atoms. The van der Waals surface area contributed by atoms with Gasteiger partial charge in [-0.05, 0) is 18.6 Å². The molecule has 9 N–H and O–H groups in total. The molecule has 4 aliphatic rings. The summed E-state index contributed by atoms with van der Waals surface area (Å²) in [6, 6.07) is 0.104. The number of nitrogens with one attached hydrogen (secondary N) is 3. The maximum atomic E-state index is 13.5. The SMILES string of the molecule is Nc1nc(/C(=N/OC2(C(=O)O)CC2)C(=O)N[C@@H]2C(=O)N3C[C@@](C(=O)O)(N4CCN(NCCCNC(=O)C(=O)c5ccc(O)c(O)c5Cl)C4=O)S[C@H]23)c(Cl)s1. The highest BCUT2D eigenvalue weighted by molar-refractivity contribution is 8.02. The molecule has 5 amide bonds. The molecule has 1 aromatic heterocycles. The second-order valence-corrected chi connectivity index (χ2v) is 15.7. The number of aliphatic carboxylic acids is 2. The number of carboxylic acid groups (broad SMARTS) is 2. The molecule has 21 nitrogen and oxygen atoms in total. The molecule has 3 aliphatic heterocycles. The number of amides is 5. The number of fused-ring (bicyclic) bond motifs is 1. The summed E-state index contributed by atoms with van der Waals surface area (Å²) in [6.45, 7) is -0.307. The molecule has 4 fully saturated rings. The van der Waals surface area contributed by atoms with Crippen LogP contribution in [0.3, 0.4) is 0 Å². The molecule has 0 unspecified atom stereocenters. The van der Waals surface area contributed by atoms with Gasteiger partial charge in [-0.2, -0.15) is 0 Å². The van der Waals surface area contributed by atoms with Crippen LogP contribution in [0.2, 0.25) is 9.36 Å². The number of ketones is 1. The van der Waals surface area contributed by atoms with E-state index < -0.39 is 92.1 Å². The maximum Gasteiger partial charge on any atom is 0.350 e. The van der Waals surface area contributed by atoms with Crippen LogP contribution in [0, 0.1) is 0 Å². The van der Waals surface area contributed by atoms with E-state index in [0.717, 1.165) is 40.1 Å². The standard InChI is InChI=1S/C29H29Cl2N9O12S2/c30-13-11(2-3-12(41)18(13)43)17(42)21(45)33-6-1-7-34-40-9-8-39(27(40)51)29(25(49)50)10-38-22(46)16(23(38)54-29)35-20(44)15(14-19(31)53-26(32)36-14)37-52-28(4-5-28)24(47)48/h2-3,16,23,34,41,43H,1,4-10H2,(H2,32,36)(H,33,45)(H,35,44)(H,47,48)(H,49,50)/b37-15-/t16-,23-,29-/m1/s1. The Hall–Kier alpha value is -5.10. The number of hydrogen-bond donors (Lipinski definition) is 8. The Kier molecular flexibility index (Phi) is 10.5. The first-order valence-electron chi connectivity index (χ1n) is 15.8. The number of halogens is 2. The number of phenols is 2. The second-order valence-electron chi connectivity index (χ2n) is 12.2. The number of nitrogen functional groups attached to an aromatic ring is 1. The van der Waals surface area contributed by atoms with Crippen molar-refractivity contribution < 1.29 is 58.8 Å². The monoisotopic (exact) mass is 829 g/mol. The van der Waals surface area contributed by atoms with Crippen LogP contribution in [0.4, 0.5) is 9.93 Å². The van der Waals surface area contributed by atoms with Gasteiger partial charge in [-0.1, -0.05) is 51.5 Å². The Bertz CT molecular complexity index is 2010. The van der Waals surface area contributed by atoms with E-state index in [4.69, 9.17) is 33.8 Å². The van der Waals surface area contributed by atoms with Crippen molar-refractivity contribution in [3.8, 4) is 11.5 Å². The number of anilines is 1. The highest BCUT2D eigenvalue weighted by Crippen LogP contribution is 2.49. The Morgan fingerprint density at radius 1 is 1.06 bits per heavy atom. The maximum absolute atomic E-state index is 13.5. The van der Waals surface area contributed by atoms with E-state index >= 15 is 0 Å². The summed E-state index contributed by atoms with van der Waals surface area (Å²) >= 11 is 13.6. The van der Waals surface area contributed by atoms with Crippen LogP contribution in [0.25, 0.3) is 0 Å². The smallest absolute Gasteiger partial charge is 0.350 e. The Labute approximate surface area is 321 Å². The van der Waals surface area contributed by atoms with E-state index in [-0.39, 0.29) is 66.2 Å². The number of hydrogen-bond acceptors (Lipinski definition) is 16. The summed E-state index contributed by atoms with van der Waals surface area (Å²) in [7, 11) is 0. The van der Waals surface area contributed by atoms with Crippen molar-refractivity contribution in [2.75, 3.05) is 38.5 Å². The highest BCUT2D eigenvalue weighted by atomic mass is 35.5. The van der Waals surface area contributed by atoms with Crippen LogP contribution >= 0.6 is 46.3 Å². The number of β-lactam (4-membered cyclic amide) rings is 1. The van der Waals surface area contributed by atoms with Crippen molar-refractivity contribution in [1.29, 1.82) is 0 Å². The molecule has 4 heterocycles. The number of carbonyl (C=O) groups is 7. The molecular formula is C29H29Cl2N9O12S2. The molecular weight excluding hydrogens is 801 g/mol. The van der Waals surface area contributed by atoms with E-state index in [1.807, 2.05) is 0 Å². The summed E-state index contributed by atoms with van der Waals surface area (Å²) in [4.78, 5) is 98.8. The van der Waals surface area contributed by atoms with Gasteiger partial charge in [-0.15, -0.1) is 0 Å². The number of nitrogens with two attached hydrogens (primary N) is 1. The van der Waals surface area contributed by atoms with Gasteiger partial charge >= 0.3 is 18.0 Å². The van der Waals surface area contributed by atoms with Gasteiger partial charge in [0.15, 0.2) is 22.3 Å². The molecule has 0 radical (unpaired) electrons. The Morgan fingerprint density at radius 3 is 2.41 bits per heavy atom. The summed E-state index contributed by atoms with van der Waals surface area (Å²) < 4.78 is -0.0599. The number of benzene rings is 1. The number of oxime groups is 1. The summed E-state index contributed by atoms with van der Waals surface area (Å²) in [6.07, 6.45) is 0.484. The van der Waals surface area contributed by atoms with Crippen molar-refractivity contribution in [1.82, 2.24) is 35.9 Å². The van der Waals surface area contributed by atoms with Gasteiger partial charge in [0.25, 0.3) is 17.6 Å². The number of phenolic OH excluding ortho intramolecular Hbond substituents is 2. The van der Waals surface area contributed by atoms with Crippen molar-refractivity contribution in [2.45, 2.75) is 41.2 Å². The number of aromatic nitrogens is 1. The molecule has 0 spiro atoms. The van der Waals surface area contributed by atoms with E-state index in [9.17, 15) is 54.0 Å². The minimum absolute atomic E-state index is 0.0210. The van der Waals surface area contributed by atoms with Crippen LogP contribution in [0.1, 0.15) is 35.3 Å². The van der Waals surface area contributed by atoms with E-state index in [1.54, 1.807) is 0 Å². The number of thiazole rings is 1. The van der Waals surface area contributed by atoms with Gasteiger partial charge in [0.1, 0.15) is 21.4 Å². The highest BCUT2D eigenvalue weighted by Gasteiger charge is 2.66. The number of Topliss-reactive ketones (excluding diaryl/α,β-unsaturated/α-hetero) is 1. The number of aromatic hydroxyl groups is 2. The van der Waals surface area contributed by atoms with Crippen LogP contribution in [0.15, 0.2) is 17.3 Å². The van der Waals surface area contributed by atoms with Gasteiger partial charge in [-0.3, -0.25) is 29.1 Å². The lowest BCUT2D eigenvalue weighted by atomic mass is 10.1. The average Bonchev–Trinajstić information content (AvgIpc) is 3.56. The van der Waals surface area contributed by atoms with Crippen LogP contribution in [-0.4, -0.2) is 142 Å². The Balaban J connectivity index is 1.05. The van der Waals surface area contributed by atoms with E-state index in [1.165, 1.54) is 9.91 Å². The molecule has 3 atom stereocenters. The number of rotatable bonds is 15. The van der Waals surface area contributed by atoms with Crippen molar-refractivity contribution in [2.24, 2.45) is 5.16 Å². The first kappa shape index (κ1) is 38.6. The molecule has 1 aliphatic carbocycles. The lowest BCUT2D eigenvalue weighted by Gasteiger charge is -2.41. The summed E-state index contributed by atoms with van der Waals surface area (Å²) in [5, 5.41) is 47.4. The lowest BCUT2D eigenvalue weighted by Crippen LogP contribution is -2.68. The largest absolute Gasteiger partial charge is 0.504 e. The lowest BCUT2D eigenvalue weighted by molar-refractivity contribution is -0.153. The molecule has 2 aromatic rings. The first-order valence-corrected chi connectivity index (χ1v) is 18.3. The second kappa shape index (κ2) is 14.6. The fourth-order valence-electron chi connectivity index (χ4n) is 5.72. The number of thioether (sulfide) groups is 1. The number of carboxylic acids is 2. The van der Waals surface area contributed by atoms with Gasteiger partial charge < -0.3 is 46.5 Å². The number of nitrogens with zero attached hydrogens (tertiary/aromatic N) is 5. The first-order chi connectivity index (χ1) is 25.5. The van der Waals surface area contributed by atoms with Crippen molar-refractivity contribution in [3.63, 3.8) is 0 Å². The number of urea groups is 1. The zero-order valence-electron chi connectivity index (χ0n) is 27.4. The zero-order valence-corrected chi connectivity index (χ0v) is 30.6. The van der Waals surface area contributed by atoms with Crippen LogP contribution < -0.4 is 21.8 Å². The quantitative estimate of drug-likeness (QED) is 0.0215. The van der Waals surface area contributed by atoms with E-state index in [2.05, 4.69) is 26.2 Å². The van der Waals surface area contributed by atoms with Crippen molar-refractivity contribution in [3.05, 3.63) is 32.7 Å². The fourth-order valence-corrected chi connectivity index (χ4v) is 8.53. The van der Waals surface area contributed by atoms with Crippen LogP contribution in [0.5, 0.6) is 11.5 Å². The normalized spacial score (nSPS) is 22.8. The van der Waals surface area contributed by atoms with Gasteiger partial charge in [-0.25, -0.2) is 24.8 Å². The third-order valence-electron chi connectivity index (χ3n) is 8.84. The number of carbonyl (C=O) groups excluding carboxylic acids is 5. The average molecular weight is 831 g/mol. The zero-order chi connectivity index (χ0) is 39.3.